The maximum absolute atomic E-state index is 11.9. The van der Waals surface area contributed by atoms with Crippen molar-refractivity contribution in [2.75, 3.05) is 13.1 Å². The molecule has 1 aromatic carbocycles. The number of rotatable bonds is 6. The minimum atomic E-state index is -3.53. The van der Waals surface area contributed by atoms with Crippen molar-refractivity contribution < 1.29 is 13.2 Å². The number of sulfonamides is 1. The minimum absolute atomic E-state index is 0. The topological polar surface area (TPSA) is 101 Å². The number of halogens is 1. The zero-order valence-electron chi connectivity index (χ0n) is 11.4. The van der Waals surface area contributed by atoms with Crippen LogP contribution in [0.25, 0.3) is 0 Å². The third-order valence-electron chi connectivity index (χ3n) is 2.46. The monoisotopic (exact) mass is 321 g/mol. The lowest BCUT2D eigenvalue weighted by Crippen LogP contribution is -2.41. The van der Waals surface area contributed by atoms with E-state index < -0.39 is 16.1 Å². The first-order valence-corrected chi connectivity index (χ1v) is 7.41. The summed E-state index contributed by atoms with van der Waals surface area (Å²) in [6.07, 6.45) is 0. The Hall–Kier alpha value is -1.15. The van der Waals surface area contributed by atoms with Crippen LogP contribution in [0.2, 0.25) is 0 Å². The van der Waals surface area contributed by atoms with Crippen LogP contribution >= 0.6 is 12.4 Å². The van der Waals surface area contributed by atoms with Crippen LogP contribution < -0.4 is 15.8 Å². The van der Waals surface area contributed by atoms with Crippen LogP contribution in [0.5, 0.6) is 0 Å². The predicted octanol–water partition coefficient (Wildman–Crippen LogP) is 0.159. The van der Waals surface area contributed by atoms with Gasteiger partial charge in [0.2, 0.25) is 15.9 Å². The van der Waals surface area contributed by atoms with Crippen LogP contribution in [0.15, 0.2) is 29.2 Å². The number of hydrogen-bond acceptors (Lipinski definition) is 4. The Labute approximate surface area is 125 Å². The lowest BCUT2D eigenvalue weighted by atomic mass is 10.2. The average molecular weight is 322 g/mol. The first kappa shape index (κ1) is 18.9. The first-order chi connectivity index (χ1) is 8.83. The van der Waals surface area contributed by atoms with E-state index in [1.54, 1.807) is 19.1 Å². The van der Waals surface area contributed by atoms with Gasteiger partial charge in [0.1, 0.15) is 0 Å². The van der Waals surface area contributed by atoms with E-state index in [0.717, 1.165) is 5.56 Å². The number of carbonyl (C=O) groups is 1. The number of carbonyl (C=O) groups excluding carboxylic acids is 1. The van der Waals surface area contributed by atoms with Crippen molar-refractivity contribution >= 4 is 28.3 Å². The molecule has 0 radical (unpaired) electrons. The average Bonchev–Trinajstić information content (AvgIpc) is 2.34. The van der Waals surface area contributed by atoms with Gasteiger partial charge in [-0.15, -0.1) is 12.4 Å². The van der Waals surface area contributed by atoms with E-state index in [1.165, 1.54) is 12.1 Å². The summed E-state index contributed by atoms with van der Waals surface area (Å²) >= 11 is 0. The molecule has 0 fully saturated rings. The van der Waals surface area contributed by atoms with Crippen molar-refractivity contribution in [2.45, 2.75) is 24.8 Å². The van der Waals surface area contributed by atoms with Gasteiger partial charge >= 0.3 is 0 Å². The van der Waals surface area contributed by atoms with E-state index in [9.17, 15) is 13.2 Å². The Morgan fingerprint density at radius 2 is 1.80 bits per heavy atom. The molecule has 0 saturated heterocycles. The molecule has 0 heterocycles. The van der Waals surface area contributed by atoms with Crippen LogP contribution in [0.1, 0.15) is 12.5 Å². The molecule has 4 N–H and O–H groups in total. The Morgan fingerprint density at radius 1 is 1.25 bits per heavy atom. The van der Waals surface area contributed by atoms with Gasteiger partial charge in [0.05, 0.1) is 10.9 Å². The van der Waals surface area contributed by atoms with E-state index in [4.69, 9.17) is 5.73 Å². The van der Waals surface area contributed by atoms with Crippen LogP contribution in [0.4, 0.5) is 0 Å². The maximum atomic E-state index is 11.9. The summed E-state index contributed by atoms with van der Waals surface area (Å²) < 4.78 is 26.2. The van der Waals surface area contributed by atoms with Gasteiger partial charge in [-0.25, -0.2) is 13.1 Å². The molecule has 1 atom stereocenters. The number of aryl methyl sites for hydroxylation is 1. The summed E-state index contributed by atoms with van der Waals surface area (Å²) in [4.78, 5) is 11.4. The Balaban J connectivity index is 0.00000361. The minimum Gasteiger partial charge on any atom is -0.353 e. The Kier molecular flexibility index (Phi) is 7.74. The molecule has 0 saturated carbocycles. The highest BCUT2D eigenvalue weighted by molar-refractivity contribution is 7.89. The summed E-state index contributed by atoms with van der Waals surface area (Å²) in [6.45, 7) is 3.76. The molecule has 1 rings (SSSR count). The second kappa shape index (κ2) is 8.21. The SMILES string of the molecule is Cc1ccc(S(=O)(=O)NCCNC(=O)[C@@H](C)N)cc1.Cl. The second-order valence-corrected chi connectivity index (χ2v) is 6.06. The summed E-state index contributed by atoms with van der Waals surface area (Å²) in [5.74, 6) is -0.311. The molecule has 0 aliphatic heterocycles. The van der Waals surface area contributed by atoms with Crippen molar-refractivity contribution in [1.82, 2.24) is 10.0 Å². The molecule has 114 valence electrons. The highest BCUT2D eigenvalue weighted by Crippen LogP contribution is 2.09. The largest absolute Gasteiger partial charge is 0.353 e. The van der Waals surface area contributed by atoms with Gasteiger partial charge in [-0.1, -0.05) is 17.7 Å². The number of nitrogens with one attached hydrogen (secondary N) is 2. The molecule has 1 aromatic rings. The molecule has 6 nitrogen and oxygen atoms in total. The van der Waals surface area contributed by atoms with E-state index in [-0.39, 0.29) is 36.3 Å². The van der Waals surface area contributed by atoms with Crippen LogP contribution in [0, 0.1) is 6.92 Å². The molecule has 0 spiro atoms. The normalized spacial score (nSPS) is 12.3. The second-order valence-electron chi connectivity index (χ2n) is 4.29. The van der Waals surface area contributed by atoms with Crippen molar-refractivity contribution in [3.63, 3.8) is 0 Å². The van der Waals surface area contributed by atoms with Crippen LogP contribution in [-0.4, -0.2) is 33.5 Å². The van der Waals surface area contributed by atoms with Gasteiger partial charge in [0.15, 0.2) is 0 Å². The van der Waals surface area contributed by atoms with Gasteiger partial charge in [-0.2, -0.15) is 0 Å². The molecule has 0 aromatic heterocycles. The lowest BCUT2D eigenvalue weighted by Gasteiger charge is -2.09. The molecule has 20 heavy (non-hydrogen) atoms. The molecular formula is C12H20ClN3O3S. The molecule has 0 aliphatic rings. The van der Waals surface area contributed by atoms with E-state index in [1.807, 2.05) is 6.92 Å². The molecular weight excluding hydrogens is 302 g/mol. The van der Waals surface area contributed by atoms with Crippen molar-refractivity contribution in [3.8, 4) is 0 Å². The van der Waals surface area contributed by atoms with E-state index in [2.05, 4.69) is 10.0 Å². The van der Waals surface area contributed by atoms with Gasteiger partial charge in [-0.05, 0) is 26.0 Å². The Bertz CT molecular complexity index is 529. The quantitative estimate of drug-likeness (QED) is 0.649. The summed E-state index contributed by atoms with van der Waals surface area (Å²) in [5.41, 5.74) is 6.35. The fourth-order valence-electron chi connectivity index (χ4n) is 1.33. The predicted molar refractivity (Wildman–Crippen MR) is 80.3 cm³/mol. The van der Waals surface area contributed by atoms with Gasteiger partial charge in [-0.3, -0.25) is 4.79 Å². The number of hydrogen-bond donors (Lipinski definition) is 3. The molecule has 0 unspecified atom stereocenters. The van der Waals surface area contributed by atoms with Gasteiger partial charge in [0.25, 0.3) is 0 Å². The van der Waals surface area contributed by atoms with E-state index >= 15 is 0 Å². The van der Waals surface area contributed by atoms with Crippen LogP contribution in [0.3, 0.4) is 0 Å². The fourth-order valence-corrected chi connectivity index (χ4v) is 2.36. The molecule has 1 amide bonds. The third kappa shape index (κ3) is 5.87. The Morgan fingerprint density at radius 3 is 2.30 bits per heavy atom. The highest BCUT2D eigenvalue weighted by Gasteiger charge is 2.13. The zero-order chi connectivity index (χ0) is 14.5. The first-order valence-electron chi connectivity index (χ1n) is 5.92. The number of benzene rings is 1. The van der Waals surface area contributed by atoms with Crippen molar-refractivity contribution in [3.05, 3.63) is 29.8 Å². The standard InChI is InChI=1S/C12H19N3O3S.ClH/c1-9-3-5-11(6-4-9)19(17,18)15-8-7-14-12(16)10(2)13;/h3-6,10,15H,7-8,13H2,1-2H3,(H,14,16);1H/t10-;/m1./s1. The summed E-state index contributed by atoms with van der Waals surface area (Å²) in [7, 11) is -3.53. The van der Waals surface area contributed by atoms with Gasteiger partial charge in [0, 0.05) is 13.1 Å². The summed E-state index contributed by atoms with van der Waals surface area (Å²) in [5, 5.41) is 2.52. The molecule has 8 heteroatoms. The van der Waals surface area contributed by atoms with Crippen molar-refractivity contribution in [1.29, 1.82) is 0 Å². The fraction of sp³-hybridized carbons (Fsp3) is 0.417. The molecule has 0 bridgehead atoms. The smallest absolute Gasteiger partial charge is 0.240 e. The van der Waals surface area contributed by atoms with Gasteiger partial charge < -0.3 is 11.1 Å². The highest BCUT2D eigenvalue weighted by atomic mass is 35.5. The number of nitrogens with two attached hydrogens (primary N) is 1. The zero-order valence-corrected chi connectivity index (χ0v) is 13.1. The summed E-state index contributed by atoms with van der Waals surface area (Å²) in [6, 6.07) is 5.93. The molecule has 0 aliphatic carbocycles. The maximum Gasteiger partial charge on any atom is 0.240 e. The van der Waals surface area contributed by atoms with Crippen molar-refractivity contribution in [2.24, 2.45) is 5.73 Å². The number of amides is 1. The third-order valence-corrected chi connectivity index (χ3v) is 3.94. The van der Waals surface area contributed by atoms with E-state index in [0.29, 0.717) is 0 Å². The van der Waals surface area contributed by atoms with Crippen LogP contribution in [-0.2, 0) is 14.8 Å². The lowest BCUT2D eigenvalue weighted by molar-refractivity contribution is -0.121.